The fourth-order valence-electron chi connectivity index (χ4n) is 3.57. The highest BCUT2D eigenvalue weighted by molar-refractivity contribution is 5.90. The normalized spacial score (nSPS) is 17.0. The van der Waals surface area contributed by atoms with Crippen molar-refractivity contribution in [2.24, 2.45) is 5.92 Å². The summed E-state index contributed by atoms with van der Waals surface area (Å²) in [5.41, 5.74) is 1.64. The molecule has 0 saturated carbocycles. The molecule has 1 heterocycles. The summed E-state index contributed by atoms with van der Waals surface area (Å²) in [5.74, 6) is -1.09. The molecule has 2 N–H and O–H groups in total. The van der Waals surface area contributed by atoms with Crippen molar-refractivity contribution in [3.05, 3.63) is 66.2 Å². The van der Waals surface area contributed by atoms with Crippen molar-refractivity contribution in [3.63, 3.8) is 0 Å². The van der Waals surface area contributed by atoms with Crippen LogP contribution in [0.5, 0.6) is 0 Å². The van der Waals surface area contributed by atoms with Gasteiger partial charge in [0.05, 0.1) is 13.0 Å². The van der Waals surface area contributed by atoms with Crippen molar-refractivity contribution >= 4 is 23.6 Å². The Morgan fingerprint density at radius 2 is 1.73 bits per heavy atom. The highest BCUT2D eigenvalue weighted by Gasteiger charge is 2.31. The van der Waals surface area contributed by atoms with Crippen LogP contribution in [0.4, 0.5) is 10.5 Å². The minimum atomic E-state index is -0.765. The third kappa shape index (κ3) is 5.83. The number of nitrogens with zero attached hydrogens (tertiary/aromatic N) is 1. The lowest BCUT2D eigenvalue weighted by molar-refractivity contribution is -0.145. The Hall–Kier alpha value is -3.35. The Morgan fingerprint density at radius 1 is 1.07 bits per heavy atom. The Morgan fingerprint density at radius 3 is 2.40 bits per heavy atom. The zero-order valence-corrected chi connectivity index (χ0v) is 17.0. The number of likely N-dealkylation sites (tertiary alicyclic amines) is 1. The molecule has 30 heavy (non-hydrogen) atoms. The summed E-state index contributed by atoms with van der Waals surface area (Å²) in [6, 6.07) is 17.7. The second kappa shape index (κ2) is 10.4. The van der Waals surface area contributed by atoms with Crippen LogP contribution in [0.1, 0.15) is 18.4 Å². The van der Waals surface area contributed by atoms with Gasteiger partial charge in [-0.15, -0.1) is 0 Å². The Bertz CT molecular complexity index is 857. The zero-order chi connectivity index (χ0) is 21.3. The first-order valence-electron chi connectivity index (χ1n) is 10.1. The van der Waals surface area contributed by atoms with Gasteiger partial charge in [-0.1, -0.05) is 48.5 Å². The van der Waals surface area contributed by atoms with E-state index in [1.807, 2.05) is 60.7 Å². The minimum Gasteiger partial charge on any atom is -0.467 e. The van der Waals surface area contributed by atoms with Crippen LogP contribution in [-0.2, 0) is 20.7 Å². The topological polar surface area (TPSA) is 87.7 Å². The molecule has 2 unspecified atom stereocenters. The van der Waals surface area contributed by atoms with E-state index in [9.17, 15) is 14.4 Å². The van der Waals surface area contributed by atoms with E-state index in [-0.39, 0.29) is 17.9 Å². The summed E-state index contributed by atoms with van der Waals surface area (Å²) in [6.45, 7) is 0.899. The molecule has 0 spiro atoms. The molecule has 0 bridgehead atoms. The number of carbonyl (C=O) groups excluding carboxylic acids is 3. The maximum atomic E-state index is 12.9. The molecular formula is C23H27N3O4. The number of nitrogens with one attached hydrogen (secondary N) is 2. The molecule has 158 valence electrons. The zero-order valence-electron chi connectivity index (χ0n) is 17.0. The van der Waals surface area contributed by atoms with Crippen molar-refractivity contribution in [2.75, 3.05) is 25.5 Å². The number of urea groups is 1. The maximum Gasteiger partial charge on any atom is 0.328 e. The van der Waals surface area contributed by atoms with Gasteiger partial charge in [0.15, 0.2) is 0 Å². The SMILES string of the molecule is COC(=O)C(Cc1ccccc1)NC(=O)C1CCCN(C(=O)Nc2ccccc2)C1. The van der Waals surface area contributed by atoms with Crippen LogP contribution < -0.4 is 10.6 Å². The lowest BCUT2D eigenvalue weighted by atomic mass is 9.96. The first-order chi connectivity index (χ1) is 14.6. The quantitative estimate of drug-likeness (QED) is 0.718. The molecule has 7 heteroatoms. The first-order valence-corrected chi connectivity index (χ1v) is 10.1. The van der Waals surface area contributed by atoms with Crippen molar-refractivity contribution < 1.29 is 19.1 Å². The first kappa shape index (κ1) is 21.4. The number of anilines is 1. The summed E-state index contributed by atoms with van der Waals surface area (Å²) in [4.78, 5) is 39.3. The Kier molecular flexibility index (Phi) is 7.43. The summed E-state index contributed by atoms with van der Waals surface area (Å²) in [5, 5.41) is 5.68. The fourth-order valence-corrected chi connectivity index (χ4v) is 3.57. The second-order valence-electron chi connectivity index (χ2n) is 7.36. The number of methoxy groups -OCH3 is 1. The number of esters is 1. The van der Waals surface area contributed by atoms with Gasteiger partial charge in [0.2, 0.25) is 5.91 Å². The number of benzene rings is 2. The van der Waals surface area contributed by atoms with Gasteiger partial charge >= 0.3 is 12.0 Å². The van der Waals surface area contributed by atoms with Gasteiger partial charge in [-0.3, -0.25) is 4.79 Å². The van der Waals surface area contributed by atoms with E-state index in [0.29, 0.717) is 31.6 Å². The van der Waals surface area contributed by atoms with Crippen LogP contribution in [0.15, 0.2) is 60.7 Å². The largest absolute Gasteiger partial charge is 0.467 e. The van der Waals surface area contributed by atoms with Crippen molar-refractivity contribution in [2.45, 2.75) is 25.3 Å². The molecule has 2 atom stereocenters. The highest BCUT2D eigenvalue weighted by atomic mass is 16.5. The van der Waals surface area contributed by atoms with Crippen LogP contribution in [0.3, 0.4) is 0 Å². The Balaban J connectivity index is 1.60. The van der Waals surface area contributed by atoms with E-state index in [1.54, 1.807) is 4.90 Å². The van der Waals surface area contributed by atoms with Gasteiger partial charge in [-0.05, 0) is 30.5 Å². The lowest BCUT2D eigenvalue weighted by Gasteiger charge is -2.32. The van der Waals surface area contributed by atoms with Gasteiger partial charge < -0.3 is 20.3 Å². The van der Waals surface area contributed by atoms with Gasteiger partial charge in [0, 0.05) is 25.2 Å². The second-order valence-corrected chi connectivity index (χ2v) is 7.36. The molecule has 0 aliphatic carbocycles. The molecule has 0 radical (unpaired) electrons. The minimum absolute atomic E-state index is 0.229. The van der Waals surface area contributed by atoms with Crippen LogP contribution >= 0.6 is 0 Å². The van der Waals surface area contributed by atoms with E-state index in [0.717, 1.165) is 12.0 Å². The fraction of sp³-hybridized carbons (Fsp3) is 0.348. The average Bonchev–Trinajstić information content (AvgIpc) is 2.79. The smallest absolute Gasteiger partial charge is 0.328 e. The van der Waals surface area contributed by atoms with Crippen molar-refractivity contribution in [3.8, 4) is 0 Å². The van der Waals surface area contributed by atoms with Crippen molar-refractivity contribution in [1.82, 2.24) is 10.2 Å². The van der Waals surface area contributed by atoms with E-state index >= 15 is 0 Å². The number of ether oxygens (including phenoxy) is 1. The molecular weight excluding hydrogens is 382 g/mol. The number of carbonyl (C=O) groups is 3. The maximum absolute atomic E-state index is 12.9. The number of hydrogen-bond acceptors (Lipinski definition) is 4. The third-order valence-electron chi connectivity index (χ3n) is 5.19. The molecule has 1 aliphatic rings. The predicted octanol–water partition coefficient (Wildman–Crippen LogP) is 2.83. The highest BCUT2D eigenvalue weighted by Crippen LogP contribution is 2.19. The Labute approximate surface area is 176 Å². The number of piperidine rings is 1. The molecule has 0 aromatic heterocycles. The third-order valence-corrected chi connectivity index (χ3v) is 5.19. The molecule has 1 aliphatic heterocycles. The van der Waals surface area contributed by atoms with Gasteiger partial charge in [0.25, 0.3) is 0 Å². The van der Waals surface area contributed by atoms with Gasteiger partial charge in [-0.25, -0.2) is 9.59 Å². The van der Waals surface area contributed by atoms with E-state index in [4.69, 9.17) is 4.74 Å². The molecule has 2 aromatic rings. The summed E-state index contributed by atoms with van der Waals surface area (Å²) < 4.78 is 4.87. The van der Waals surface area contributed by atoms with E-state index < -0.39 is 12.0 Å². The van der Waals surface area contributed by atoms with E-state index in [1.165, 1.54) is 7.11 Å². The monoisotopic (exact) mass is 409 g/mol. The summed E-state index contributed by atoms with van der Waals surface area (Å²) >= 11 is 0. The molecule has 3 rings (SSSR count). The number of amides is 3. The van der Waals surface area contributed by atoms with E-state index in [2.05, 4.69) is 10.6 Å². The molecule has 1 saturated heterocycles. The van der Waals surface area contributed by atoms with Gasteiger partial charge in [0.1, 0.15) is 6.04 Å². The van der Waals surface area contributed by atoms with Crippen LogP contribution in [0.25, 0.3) is 0 Å². The number of rotatable bonds is 6. The van der Waals surface area contributed by atoms with Crippen LogP contribution in [0, 0.1) is 5.92 Å². The molecule has 1 fully saturated rings. The standard InChI is InChI=1S/C23H27N3O4/c1-30-22(28)20(15-17-9-4-2-5-10-17)25-21(27)18-11-8-14-26(16-18)23(29)24-19-12-6-3-7-13-19/h2-7,9-10,12-13,18,20H,8,11,14-16H2,1H3,(H,24,29)(H,25,27). The molecule has 2 aromatic carbocycles. The molecule has 7 nitrogen and oxygen atoms in total. The number of para-hydroxylation sites is 1. The predicted molar refractivity (Wildman–Crippen MR) is 114 cm³/mol. The average molecular weight is 409 g/mol. The van der Waals surface area contributed by atoms with Crippen LogP contribution in [0.2, 0.25) is 0 Å². The summed E-state index contributed by atoms with van der Waals surface area (Å²) in [6.07, 6.45) is 1.74. The molecule has 3 amide bonds. The van der Waals surface area contributed by atoms with Crippen molar-refractivity contribution in [1.29, 1.82) is 0 Å². The summed E-state index contributed by atoms with van der Waals surface area (Å²) in [7, 11) is 1.31. The van der Waals surface area contributed by atoms with Gasteiger partial charge in [-0.2, -0.15) is 0 Å². The van der Waals surface area contributed by atoms with Crippen LogP contribution in [-0.4, -0.2) is 49.0 Å². The number of hydrogen-bond donors (Lipinski definition) is 2. The lowest BCUT2D eigenvalue weighted by Crippen LogP contribution is -2.50.